The number of fused-ring (bicyclic) bond motifs is 4. The van der Waals surface area contributed by atoms with Crippen molar-refractivity contribution in [1.82, 2.24) is 61.6 Å². The number of hydrogen-bond acceptors (Lipinski definition) is 27. The Labute approximate surface area is 721 Å². The van der Waals surface area contributed by atoms with E-state index >= 15 is 4.79 Å². The lowest BCUT2D eigenvalue weighted by atomic mass is 9.82. The van der Waals surface area contributed by atoms with Crippen molar-refractivity contribution in [2.24, 2.45) is 29.6 Å². The number of carboxylic acid groups (broad SMARTS) is 3. The number of thioether (sulfide) groups is 2. The molecule has 12 amide bonds. The topological polar surface area (TPSA) is 514 Å². The number of rotatable bonds is 50. The van der Waals surface area contributed by atoms with Crippen LogP contribution in [0, 0.1) is 36.5 Å². The average Bonchev–Trinajstić information content (AvgIpc) is 1.56. The fourth-order valence-corrected chi connectivity index (χ4v) is 18.2. The number of thiazole rings is 1. The minimum absolute atomic E-state index is 0.000993. The highest BCUT2D eigenvalue weighted by Crippen LogP contribution is 2.36. The zero-order valence-corrected chi connectivity index (χ0v) is 73.0. The van der Waals surface area contributed by atoms with Gasteiger partial charge < -0.3 is 60.6 Å². The molecule has 674 valence electrons. The molecule has 5 heterocycles. The molecule has 0 saturated carbocycles. The number of aliphatic carboxylic acids is 3. The number of nitrogens with one attached hydrogen (secondary N) is 6. The number of imide groups is 2. The first-order chi connectivity index (χ1) is 57.9. The van der Waals surface area contributed by atoms with Gasteiger partial charge in [-0.05, 0) is 82.2 Å². The normalized spacial score (nSPS) is 18.4. The molecule has 1 aromatic heterocycles. The molecule has 0 radical (unpaired) electrons. The van der Waals surface area contributed by atoms with Gasteiger partial charge in [-0.25, -0.2) is 9.78 Å². The maximum atomic E-state index is 15.1. The molecule has 7 unspecified atom stereocenters. The molecule has 4 aliphatic rings. The van der Waals surface area contributed by atoms with Gasteiger partial charge in [0.2, 0.25) is 65.0 Å². The Morgan fingerprint density at radius 3 is 1.92 bits per heavy atom. The van der Waals surface area contributed by atoms with Crippen LogP contribution in [0.3, 0.4) is 0 Å². The molecular weight excluding hydrogens is 1650 g/mol. The molecule has 4 aliphatic heterocycles. The number of esters is 1. The first-order valence-corrected chi connectivity index (χ1v) is 44.4. The van der Waals surface area contributed by atoms with Gasteiger partial charge in [-0.1, -0.05) is 83.7 Å². The van der Waals surface area contributed by atoms with Crippen LogP contribution in [-0.2, 0) is 107 Å². The standard InChI is InChI=1S/C82H118N12O25S3/c1-9-50(5)58(78(110)90(8)62(48(2)3)39-64(119-52(7)95)77-87-60(46-120-77)76(109)85-55(35-51(6)81(113)114)36-53-20-18-49(4)19-21-53)38-63(98)61-17-11-13-28-92(61)43-57(97)37-54(15-10-12-26-83-69(101)45-118-34-27-84-70(102)44-117-33-14-16-56(96)22-23-59(82(115)116)86-68(100)42-74(106)107)75(108)89-88-67(99)24-25-71(103)91-29-31-93-72(104)40-65(79(93)111)121-47-122-66-41-73(105)94(32-30-91)80(66)112/h18-21,46,48,50-51,54-55,58-59,61-62,64-66H,9-17,22-45,47H2,1-8H3,(H,83,101)(H,84,102)(H,85,109)(H,86,100)(H,88,99)(H,89,108)(H,106,107)(H,113,114)(H,115,116)/t50?,51?,54?,55-,58+,59?,61?,62-,64-,65?,66?/m1/s1. The van der Waals surface area contributed by atoms with Gasteiger partial charge in [-0.3, -0.25) is 112 Å². The second-order valence-corrected chi connectivity index (χ2v) is 35.3. The Balaban J connectivity index is 1.06. The number of carboxylic acids is 3. The lowest BCUT2D eigenvalue weighted by Crippen LogP contribution is -2.50. The number of Topliss-reactive ketones (excluding diaryl/α,β-unsaturated/α-hetero) is 3. The number of aryl methyl sites for hydroxylation is 1. The number of nitrogens with zero attached hydrogens (tertiary/aromatic N) is 6. The van der Waals surface area contributed by atoms with Gasteiger partial charge in [0.1, 0.15) is 47.9 Å². The first-order valence-electron chi connectivity index (χ1n) is 41.4. The maximum Gasteiger partial charge on any atom is 0.326 e. The van der Waals surface area contributed by atoms with E-state index < -0.39 is 179 Å². The maximum absolute atomic E-state index is 15.1. The molecule has 4 fully saturated rings. The highest BCUT2D eigenvalue weighted by atomic mass is 32.2. The summed E-state index contributed by atoms with van der Waals surface area (Å²) in [6.07, 6.45) is -0.554. The summed E-state index contributed by atoms with van der Waals surface area (Å²) in [6.45, 7) is 11.0. The molecule has 2 aromatic rings. The van der Waals surface area contributed by atoms with Crippen molar-refractivity contribution in [2.45, 2.75) is 224 Å². The summed E-state index contributed by atoms with van der Waals surface area (Å²) in [5, 5.41) is 38.9. The Bertz CT molecular complexity index is 3990. The number of hydrazine groups is 1. The average molecular weight is 1770 g/mol. The molecule has 0 aliphatic carbocycles. The lowest BCUT2D eigenvalue weighted by molar-refractivity contribution is -0.150. The van der Waals surface area contributed by atoms with E-state index in [-0.39, 0.29) is 183 Å². The number of likely N-dealkylation sites (tertiary alicyclic amines) is 1. The number of ketones is 3. The van der Waals surface area contributed by atoms with Gasteiger partial charge in [0.25, 0.3) is 5.91 Å². The number of aromatic nitrogens is 1. The molecule has 37 nitrogen and oxygen atoms in total. The van der Waals surface area contributed by atoms with Crippen molar-refractivity contribution < 1.29 is 121 Å². The van der Waals surface area contributed by atoms with Crippen LogP contribution in [0.1, 0.15) is 203 Å². The van der Waals surface area contributed by atoms with Gasteiger partial charge >= 0.3 is 23.9 Å². The summed E-state index contributed by atoms with van der Waals surface area (Å²) in [5.74, 6) is -15.7. The quantitative estimate of drug-likeness (QED) is 0.0150. The van der Waals surface area contributed by atoms with E-state index in [2.05, 4.69) is 37.1 Å². The largest absolute Gasteiger partial charge is 0.481 e. The summed E-state index contributed by atoms with van der Waals surface area (Å²) in [7, 11) is 1.63. The monoisotopic (exact) mass is 1770 g/mol. The van der Waals surface area contributed by atoms with E-state index in [1.165, 1.54) is 40.7 Å². The van der Waals surface area contributed by atoms with E-state index in [9.17, 15) is 96.5 Å². The highest BCUT2D eigenvalue weighted by molar-refractivity contribution is 8.17. The molecule has 9 N–H and O–H groups in total. The van der Waals surface area contributed by atoms with E-state index in [0.29, 0.717) is 50.2 Å². The van der Waals surface area contributed by atoms with Gasteiger partial charge in [0.05, 0.1) is 35.6 Å². The second-order valence-electron chi connectivity index (χ2n) is 31.6. The summed E-state index contributed by atoms with van der Waals surface area (Å²) >= 11 is 3.50. The summed E-state index contributed by atoms with van der Waals surface area (Å²) in [6, 6.07) is 4.27. The molecule has 1 aromatic carbocycles. The van der Waals surface area contributed by atoms with E-state index in [1.54, 1.807) is 23.8 Å². The minimum atomic E-state index is -1.45. The van der Waals surface area contributed by atoms with E-state index in [0.717, 1.165) is 32.3 Å². The lowest BCUT2D eigenvalue weighted by Gasteiger charge is -2.38. The summed E-state index contributed by atoms with van der Waals surface area (Å²) in [4.78, 5) is 260. The summed E-state index contributed by atoms with van der Waals surface area (Å²) in [5.41, 5.74) is 6.67. The predicted molar refractivity (Wildman–Crippen MR) is 444 cm³/mol. The van der Waals surface area contributed by atoms with E-state index in [4.69, 9.17) is 19.3 Å². The van der Waals surface area contributed by atoms with Crippen LogP contribution in [0.2, 0.25) is 0 Å². The predicted octanol–water partition coefficient (Wildman–Crippen LogP) is 3.49. The van der Waals surface area contributed by atoms with Crippen LogP contribution in [-0.4, -0.2) is 283 Å². The van der Waals surface area contributed by atoms with Crippen molar-refractivity contribution in [2.75, 3.05) is 90.9 Å². The molecule has 0 spiro atoms. The van der Waals surface area contributed by atoms with Gasteiger partial charge in [-0.15, -0.1) is 34.9 Å². The fourth-order valence-electron chi connectivity index (χ4n) is 14.7. The fraction of sp³-hybridized carbons (Fsp3) is 0.659. The zero-order valence-electron chi connectivity index (χ0n) is 70.6. The van der Waals surface area contributed by atoms with Crippen molar-refractivity contribution in [3.63, 3.8) is 0 Å². The Kier molecular flexibility index (Phi) is 42.7. The van der Waals surface area contributed by atoms with Gasteiger partial charge in [0, 0.05) is 152 Å². The van der Waals surface area contributed by atoms with Crippen molar-refractivity contribution in [1.29, 1.82) is 0 Å². The number of hydrogen-bond donors (Lipinski definition) is 9. The number of benzene rings is 1. The summed E-state index contributed by atoms with van der Waals surface area (Å²) < 4.78 is 16.6. The minimum Gasteiger partial charge on any atom is -0.481 e. The third-order valence-corrected chi connectivity index (χ3v) is 25.4. The van der Waals surface area contributed by atoms with Gasteiger partial charge in [-0.2, -0.15) is 0 Å². The Morgan fingerprint density at radius 2 is 1.31 bits per heavy atom. The molecular formula is C82H118N12O25S3. The smallest absolute Gasteiger partial charge is 0.326 e. The van der Waals surface area contributed by atoms with Crippen LogP contribution in [0.25, 0.3) is 0 Å². The highest BCUT2D eigenvalue weighted by Gasteiger charge is 2.44. The molecule has 4 saturated heterocycles. The van der Waals surface area contributed by atoms with E-state index in [1.807, 2.05) is 58.9 Å². The molecule has 40 heteroatoms. The van der Waals surface area contributed by atoms with Crippen molar-refractivity contribution in [3.8, 4) is 0 Å². The second kappa shape index (κ2) is 51.5. The van der Waals surface area contributed by atoms with Crippen molar-refractivity contribution in [3.05, 3.63) is 51.5 Å². The van der Waals surface area contributed by atoms with Crippen molar-refractivity contribution >= 4 is 147 Å². The Morgan fingerprint density at radius 1 is 0.672 bits per heavy atom. The third-order valence-electron chi connectivity index (χ3n) is 21.8. The first kappa shape index (κ1) is 101. The Hall–Kier alpha value is -9.64. The van der Waals surface area contributed by atoms with Crippen LogP contribution >= 0.6 is 34.9 Å². The number of piperidine rings is 1. The zero-order chi connectivity index (χ0) is 89.9. The molecule has 4 bridgehead atoms. The number of unbranched alkanes of at least 4 members (excludes halogenated alkanes) is 1. The molecule has 6 rings (SSSR count). The molecule has 122 heavy (non-hydrogen) atoms. The van der Waals surface area contributed by atoms with Crippen LogP contribution < -0.4 is 32.1 Å². The number of carbonyl (C=O) groups excluding carboxylic acids is 16. The van der Waals surface area contributed by atoms with Crippen LogP contribution in [0.5, 0.6) is 0 Å². The number of amides is 12. The molecule has 11 atom stereocenters. The van der Waals surface area contributed by atoms with Crippen LogP contribution in [0.4, 0.5) is 0 Å². The third kappa shape index (κ3) is 33.9. The van der Waals surface area contributed by atoms with Gasteiger partial charge in [0.15, 0.2) is 11.9 Å². The van der Waals surface area contributed by atoms with Crippen LogP contribution in [0.15, 0.2) is 29.6 Å². The SMILES string of the molecule is CCC(C)[C@H](CC(=O)C1CCCCN1CC(=O)CC(CCCCNC(=O)COCCNC(=O)COCCCC(=O)CCC(NC(=O)CC(=O)O)C(=O)O)C(=O)NNC(=O)CCC(=O)N1CCN2C(=O)CC(SCSC3CC(=O)N(CC1)C3=O)C2=O)C(=O)N(C)[C@H](C[C@@H](OC(C)=O)c1nc(C(=O)N[C@@H](Cc2ccc(C)cc2)CC(C)C(=O)O)cs1)C(C)C. The number of carbonyl (C=O) groups is 19. The number of ether oxygens (including phenoxy) is 3.